The van der Waals surface area contributed by atoms with Crippen LogP contribution in [0.15, 0.2) is 23.1 Å². The Morgan fingerprint density at radius 2 is 2.14 bits per heavy atom. The number of sulfonamides is 1. The van der Waals surface area contributed by atoms with Gasteiger partial charge in [0.1, 0.15) is 5.75 Å². The van der Waals surface area contributed by atoms with Crippen molar-refractivity contribution in [3.63, 3.8) is 0 Å². The molecule has 0 aromatic heterocycles. The molecule has 1 aromatic rings. The van der Waals surface area contributed by atoms with Crippen molar-refractivity contribution in [3.8, 4) is 5.75 Å². The number of likely N-dealkylation sites (tertiary alicyclic amines) is 1. The topological polar surface area (TPSA) is 58.6 Å². The molecule has 0 amide bonds. The van der Waals surface area contributed by atoms with Crippen LogP contribution in [0.2, 0.25) is 0 Å². The Kier molecular flexibility index (Phi) is 5.83. The van der Waals surface area contributed by atoms with E-state index in [1.54, 1.807) is 18.2 Å². The van der Waals surface area contributed by atoms with Gasteiger partial charge in [0.25, 0.3) is 0 Å². The molecule has 1 atom stereocenters. The fraction of sp³-hybridized carbons (Fsp3) is 0.625. The first-order valence-corrected chi connectivity index (χ1v) is 9.43. The highest BCUT2D eigenvalue weighted by Crippen LogP contribution is 2.22. The Bertz CT molecular complexity index is 601. The predicted octanol–water partition coefficient (Wildman–Crippen LogP) is 2.16. The lowest BCUT2D eigenvalue weighted by molar-refractivity contribution is 0.268. The van der Waals surface area contributed by atoms with Gasteiger partial charge < -0.3 is 4.74 Å². The van der Waals surface area contributed by atoms with Crippen molar-refractivity contribution in [2.75, 3.05) is 26.2 Å². The standard InChI is InChI=1S/C16H26N2O3S/c1-4-18-10-6-7-14(18)12-17-22(19,20)15-8-9-16(21-5-2)13(3)11-15/h8-9,11,14,17H,4-7,10,12H2,1-3H3/t14-/m1/s1. The fourth-order valence-corrected chi connectivity index (χ4v) is 4.10. The lowest BCUT2D eigenvalue weighted by Crippen LogP contribution is -2.40. The second-order valence-electron chi connectivity index (χ2n) is 5.64. The second-order valence-corrected chi connectivity index (χ2v) is 7.40. The molecular formula is C16H26N2O3S. The minimum absolute atomic E-state index is 0.300. The van der Waals surface area contributed by atoms with Gasteiger partial charge in [0.15, 0.2) is 0 Å². The maximum absolute atomic E-state index is 12.4. The van der Waals surface area contributed by atoms with Gasteiger partial charge in [0, 0.05) is 12.6 Å². The van der Waals surface area contributed by atoms with Crippen LogP contribution in [0.25, 0.3) is 0 Å². The number of ether oxygens (including phenoxy) is 1. The molecule has 0 radical (unpaired) electrons. The van der Waals surface area contributed by atoms with E-state index in [1.165, 1.54) is 0 Å². The van der Waals surface area contributed by atoms with Crippen LogP contribution in [-0.4, -0.2) is 45.6 Å². The van der Waals surface area contributed by atoms with E-state index in [4.69, 9.17) is 4.74 Å². The zero-order valence-corrected chi connectivity index (χ0v) is 14.4. The number of nitrogens with zero attached hydrogens (tertiary/aromatic N) is 1. The van der Waals surface area contributed by atoms with E-state index in [-0.39, 0.29) is 0 Å². The molecule has 1 heterocycles. The number of rotatable bonds is 7. The summed E-state index contributed by atoms with van der Waals surface area (Å²) in [4.78, 5) is 2.63. The minimum atomic E-state index is -3.47. The lowest BCUT2D eigenvalue weighted by Gasteiger charge is -2.22. The Labute approximate surface area is 133 Å². The summed E-state index contributed by atoms with van der Waals surface area (Å²) in [5.74, 6) is 0.731. The Hall–Kier alpha value is -1.11. The molecule has 0 aliphatic carbocycles. The van der Waals surface area contributed by atoms with Crippen molar-refractivity contribution >= 4 is 10.0 Å². The molecule has 0 spiro atoms. The van der Waals surface area contributed by atoms with Gasteiger partial charge in [-0.2, -0.15) is 0 Å². The summed E-state index contributed by atoms with van der Waals surface area (Å²) in [6.45, 7) is 8.96. The molecule has 0 unspecified atom stereocenters. The van der Waals surface area contributed by atoms with Gasteiger partial charge in [-0.1, -0.05) is 6.92 Å². The van der Waals surface area contributed by atoms with Gasteiger partial charge in [0.2, 0.25) is 10.0 Å². The molecule has 1 aliphatic rings. The van der Waals surface area contributed by atoms with E-state index >= 15 is 0 Å². The molecule has 0 bridgehead atoms. The largest absolute Gasteiger partial charge is 0.494 e. The summed E-state index contributed by atoms with van der Waals surface area (Å²) >= 11 is 0. The molecule has 1 aromatic carbocycles. The third-order valence-electron chi connectivity index (χ3n) is 4.17. The van der Waals surface area contributed by atoms with E-state index < -0.39 is 10.0 Å². The molecule has 124 valence electrons. The molecule has 1 aliphatic heterocycles. The van der Waals surface area contributed by atoms with Crippen LogP contribution in [0, 0.1) is 6.92 Å². The average molecular weight is 326 g/mol. The first-order valence-electron chi connectivity index (χ1n) is 7.95. The van der Waals surface area contributed by atoms with E-state index in [1.807, 2.05) is 13.8 Å². The average Bonchev–Trinajstić information content (AvgIpc) is 2.95. The van der Waals surface area contributed by atoms with Crippen LogP contribution in [0.5, 0.6) is 5.75 Å². The lowest BCUT2D eigenvalue weighted by atomic mass is 10.2. The molecule has 1 fully saturated rings. The third-order valence-corrected chi connectivity index (χ3v) is 5.59. The SMILES string of the molecule is CCOc1ccc(S(=O)(=O)NC[C@H]2CCCN2CC)cc1C. The summed E-state index contributed by atoms with van der Waals surface area (Å²) < 4.78 is 33.1. The Morgan fingerprint density at radius 3 is 2.77 bits per heavy atom. The summed E-state index contributed by atoms with van der Waals surface area (Å²) in [7, 11) is -3.47. The van der Waals surface area contributed by atoms with Gasteiger partial charge in [-0.15, -0.1) is 0 Å². The smallest absolute Gasteiger partial charge is 0.240 e. The normalized spacial score (nSPS) is 19.5. The number of aryl methyl sites for hydroxylation is 1. The van der Waals surface area contributed by atoms with E-state index in [0.29, 0.717) is 24.1 Å². The summed E-state index contributed by atoms with van der Waals surface area (Å²) in [5.41, 5.74) is 0.834. The van der Waals surface area contributed by atoms with Crippen molar-refractivity contribution in [1.82, 2.24) is 9.62 Å². The highest BCUT2D eigenvalue weighted by atomic mass is 32.2. The van der Waals surface area contributed by atoms with Crippen LogP contribution >= 0.6 is 0 Å². The van der Waals surface area contributed by atoms with Crippen LogP contribution in [-0.2, 0) is 10.0 Å². The monoisotopic (exact) mass is 326 g/mol. The first-order chi connectivity index (χ1) is 10.5. The van der Waals surface area contributed by atoms with Crippen molar-refractivity contribution in [3.05, 3.63) is 23.8 Å². The summed E-state index contributed by atoms with van der Waals surface area (Å²) in [6.07, 6.45) is 2.20. The van der Waals surface area contributed by atoms with Crippen molar-refractivity contribution in [1.29, 1.82) is 0 Å². The van der Waals surface area contributed by atoms with E-state index in [0.717, 1.165) is 37.2 Å². The third kappa shape index (κ3) is 4.00. The van der Waals surface area contributed by atoms with Gasteiger partial charge in [-0.05, 0) is 63.5 Å². The Morgan fingerprint density at radius 1 is 1.36 bits per heavy atom. The van der Waals surface area contributed by atoms with Gasteiger partial charge in [0.05, 0.1) is 11.5 Å². The van der Waals surface area contributed by atoms with Crippen LogP contribution < -0.4 is 9.46 Å². The minimum Gasteiger partial charge on any atom is -0.494 e. The molecule has 6 heteroatoms. The van der Waals surface area contributed by atoms with E-state index in [9.17, 15) is 8.42 Å². The zero-order chi connectivity index (χ0) is 16.2. The first kappa shape index (κ1) is 17.2. The summed E-state index contributed by atoms with van der Waals surface area (Å²) in [5, 5.41) is 0. The molecule has 0 saturated carbocycles. The number of benzene rings is 1. The van der Waals surface area contributed by atoms with Crippen LogP contribution in [0.1, 0.15) is 32.3 Å². The number of hydrogen-bond acceptors (Lipinski definition) is 4. The molecule has 1 saturated heterocycles. The molecule has 22 heavy (non-hydrogen) atoms. The van der Waals surface area contributed by atoms with Crippen molar-refractivity contribution in [2.45, 2.75) is 44.6 Å². The molecule has 2 rings (SSSR count). The predicted molar refractivity (Wildman–Crippen MR) is 87.8 cm³/mol. The second kappa shape index (κ2) is 7.44. The maximum Gasteiger partial charge on any atom is 0.240 e. The van der Waals surface area contributed by atoms with Gasteiger partial charge in [-0.25, -0.2) is 13.1 Å². The number of hydrogen-bond donors (Lipinski definition) is 1. The molecule has 5 nitrogen and oxygen atoms in total. The van der Waals surface area contributed by atoms with Crippen LogP contribution in [0.4, 0.5) is 0 Å². The summed E-state index contributed by atoms with van der Waals surface area (Å²) in [6, 6.07) is 5.30. The van der Waals surface area contributed by atoms with Crippen molar-refractivity contribution < 1.29 is 13.2 Å². The van der Waals surface area contributed by atoms with Gasteiger partial charge in [-0.3, -0.25) is 4.90 Å². The van der Waals surface area contributed by atoms with Gasteiger partial charge >= 0.3 is 0 Å². The van der Waals surface area contributed by atoms with Crippen molar-refractivity contribution in [2.24, 2.45) is 0 Å². The Balaban J connectivity index is 2.05. The number of nitrogens with one attached hydrogen (secondary N) is 1. The quantitative estimate of drug-likeness (QED) is 0.834. The fourth-order valence-electron chi connectivity index (χ4n) is 2.94. The van der Waals surface area contributed by atoms with E-state index in [2.05, 4.69) is 16.5 Å². The highest BCUT2D eigenvalue weighted by Gasteiger charge is 2.25. The highest BCUT2D eigenvalue weighted by molar-refractivity contribution is 7.89. The molecular weight excluding hydrogens is 300 g/mol. The van der Waals surface area contributed by atoms with Crippen LogP contribution in [0.3, 0.4) is 0 Å². The number of likely N-dealkylation sites (N-methyl/N-ethyl adjacent to an activating group) is 1. The molecule has 1 N–H and O–H groups in total. The maximum atomic E-state index is 12.4. The zero-order valence-electron chi connectivity index (χ0n) is 13.6.